The van der Waals surface area contributed by atoms with Gasteiger partial charge in [0.1, 0.15) is 33.6 Å². The summed E-state index contributed by atoms with van der Waals surface area (Å²) in [5.74, 6) is 1.54. The maximum absolute atomic E-state index is 13.0. The summed E-state index contributed by atoms with van der Waals surface area (Å²) in [5, 5.41) is 3.82. The van der Waals surface area contributed by atoms with Crippen molar-refractivity contribution in [2.24, 2.45) is 0 Å². The van der Waals surface area contributed by atoms with E-state index in [4.69, 9.17) is 27.1 Å². The molecule has 10 nitrogen and oxygen atoms in total. The molecule has 0 unspecified atom stereocenters. The van der Waals surface area contributed by atoms with E-state index in [0.717, 1.165) is 55.1 Å². The number of benzene rings is 1. The molecule has 4 N–H and O–H groups in total. The van der Waals surface area contributed by atoms with Gasteiger partial charge in [-0.2, -0.15) is 0 Å². The molecule has 4 aromatic rings. The number of nitrogens with two attached hydrogens (primary N) is 1. The molecule has 0 spiro atoms. The van der Waals surface area contributed by atoms with Crippen molar-refractivity contribution >= 4 is 44.3 Å². The number of rotatable bonds is 8. The van der Waals surface area contributed by atoms with Crippen LogP contribution < -0.4 is 15.8 Å². The molecule has 6 rings (SSSR count). The van der Waals surface area contributed by atoms with E-state index in [2.05, 4.69) is 44.3 Å². The molecule has 4 heterocycles. The molecule has 1 fully saturated rings. The Bertz CT molecular complexity index is 1800. The normalized spacial score (nSPS) is 17.8. The summed E-state index contributed by atoms with van der Waals surface area (Å²) in [6.45, 7) is 7.60. The molecule has 12 heteroatoms. The molecule has 0 amide bonds. The number of hydrogen-bond donors (Lipinski definition) is 3. The number of hydrogen-bond acceptors (Lipinski definition) is 8. The van der Waals surface area contributed by atoms with E-state index >= 15 is 0 Å². The van der Waals surface area contributed by atoms with Crippen LogP contribution in [0.3, 0.4) is 0 Å². The zero-order valence-electron chi connectivity index (χ0n) is 23.8. The highest BCUT2D eigenvalue weighted by atomic mass is 35.5. The lowest BCUT2D eigenvalue weighted by Crippen LogP contribution is -2.50. The molecule has 1 atom stereocenters. The number of halogens is 1. The molecule has 3 aromatic heterocycles. The topological polar surface area (TPSA) is 137 Å². The van der Waals surface area contributed by atoms with Crippen molar-refractivity contribution in [1.82, 2.24) is 24.7 Å². The fraction of sp³-hybridized carbons (Fsp3) is 0.367. The van der Waals surface area contributed by atoms with Gasteiger partial charge in [-0.15, -0.1) is 0 Å². The molecule has 1 aliphatic carbocycles. The Labute approximate surface area is 250 Å². The van der Waals surface area contributed by atoms with E-state index in [1.165, 1.54) is 17.7 Å². The second-order valence-corrected chi connectivity index (χ2v) is 13.2. The second-order valence-electron chi connectivity index (χ2n) is 11.2. The molecular weight excluding hydrogens is 574 g/mol. The number of fused-ring (bicyclic) bond motifs is 1. The summed E-state index contributed by atoms with van der Waals surface area (Å²) >= 11 is 6.13. The number of nitrogens with one attached hydrogen (secondary N) is 2. The molecule has 2 aliphatic rings. The fourth-order valence-corrected chi connectivity index (χ4v) is 7.10. The summed E-state index contributed by atoms with van der Waals surface area (Å²) in [4.78, 5) is 14.2. The van der Waals surface area contributed by atoms with Gasteiger partial charge in [0.25, 0.3) is 10.0 Å². The summed E-state index contributed by atoms with van der Waals surface area (Å²) < 4.78 is 35.9. The lowest BCUT2D eigenvalue weighted by atomic mass is 9.92. The van der Waals surface area contributed by atoms with Gasteiger partial charge in [0.05, 0.1) is 36.2 Å². The van der Waals surface area contributed by atoms with Gasteiger partial charge < -0.3 is 15.8 Å². The van der Waals surface area contributed by atoms with E-state index in [9.17, 15) is 8.42 Å². The van der Waals surface area contributed by atoms with E-state index < -0.39 is 10.0 Å². The van der Waals surface area contributed by atoms with Crippen LogP contribution in [0.15, 0.2) is 53.6 Å². The number of pyridine rings is 1. The van der Waals surface area contributed by atoms with Gasteiger partial charge in [0, 0.05) is 23.2 Å². The molecule has 0 radical (unpaired) electrons. The Morgan fingerprint density at radius 2 is 1.90 bits per heavy atom. The Kier molecular flexibility index (Phi) is 7.69. The van der Waals surface area contributed by atoms with Crippen molar-refractivity contribution in [2.45, 2.75) is 62.9 Å². The highest BCUT2D eigenvalue weighted by molar-refractivity contribution is 7.92. The Hall–Kier alpha value is -3.51. The van der Waals surface area contributed by atoms with Crippen molar-refractivity contribution in [3.8, 4) is 11.3 Å². The van der Waals surface area contributed by atoms with Gasteiger partial charge in [0.2, 0.25) is 0 Å². The number of nitrogen functional groups attached to an aromatic ring is 1. The molecule has 1 aromatic carbocycles. The van der Waals surface area contributed by atoms with E-state index in [1.54, 1.807) is 18.2 Å². The molecule has 220 valence electrons. The smallest absolute Gasteiger partial charge is 0.264 e. The SMILES string of the molecule is Cc1nc(NS(=O)(=O)c2ccccc2Cl)ccc1-c1nc(C(C)C)n2c(C3=CC[C@H](NC4COC4)CC3)cnc(N)c12. The average Bonchev–Trinajstić information content (AvgIpc) is 3.33. The number of imidazole rings is 1. The van der Waals surface area contributed by atoms with E-state index in [1.807, 2.05) is 19.2 Å². The molecule has 1 saturated heterocycles. The van der Waals surface area contributed by atoms with Crippen molar-refractivity contribution < 1.29 is 13.2 Å². The van der Waals surface area contributed by atoms with Gasteiger partial charge in [-0.3, -0.25) is 9.12 Å². The van der Waals surface area contributed by atoms with Gasteiger partial charge >= 0.3 is 0 Å². The molecule has 0 saturated carbocycles. The van der Waals surface area contributed by atoms with Crippen LogP contribution in [0.2, 0.25) is 5.02 Å². The van der Waals surface area contributed by atoms with Gasteiger partial charge in [-0.05, 0) is 56.0 Å². The number of allylic oxidation sites excluding steroid dienone is 1. The summed E-state index contributed by atoms with van der Waals surface area (Å²) in [5.41, 5.74) is 11.4. The van der Waals surface area contributed by atoms with Crippen LogP contribution in [0.4, 0.5) is 11.6 Å². The third-order valence-electron chi connectivity index (χ3n) is 7.78. The molecule has 42 heavy (non-hydrogen) atoms. The first-order valence-corrected chi connectivity index (χ1v) is 15.9. The Morgan fingerprint density at radius 1 is 1.12 bits per heavy atom. The largest absolute Gasteiger partial charge is 0.382 e. The zero-order chi connectivity index (χ0) is 29.6. The van der Waals surface area contributed by atoms with Crippen LogP contribution in [0, 0.1) is 6.92 Å². The maximum Gasteiger partial charge on any atom is 0.264 e. The predicted octanol–water partition coefficient (Wildman–Crippen LogP) is 5.18. The van der Waals surface area contributed by atoms with E-state index in [0.29, 0.717) is 29.3 Å². The Balaban J connectivity index is 1.36. The van der Waals surface area contributed by atoms with Crippen LogP contribution in [-0.4, -0.2) is 53.1 Å². The van der Waals surface area contributed by atoms with Crippen molar-refractivity contribution in [3.63, 3.8) is 0 Å². The van der Waals surface area contributed by atoms with Crippen molar-refractivity contribution in [3.05, 3.63) is 70.9 Å². The monoisotopic (exact) mass is 607 g/mol. The second kappa shape index (κ2) is 11.3. The first-order valence-electron chi connectivity index (χ1n) is 14.1. The number of sulfonamides is 1. The standard InChI is InChI=1S/C30H34ClN7O3S/c1-17(2)30-36-27(22-12-13-26(34-18(22)3)37-42(39,40)25-7-5-4-6-23(25)31)28-29(32)33-14-24(38(28)30)19-8-10-20(11-9-19)35-21-15-41-16-21/h4-8,12-14,17,20-21,35H,9-11,15-16H2,1-3H3,(H2,32,33)(H,34,37)/t20-/m0/s1. The lowest BCUT2D eigenvalue weighted by molar-refractivity contribution is -0.0103. The van der Waals surface area contributed by atoms with Crippen LogP contribution in [0.25, 0.3) is 22.3 Å². The van der Waals surface area contributed by atoms with Crippen LogP contribution in [0.1, 0.15) is 56.2 Å². The maximum atomic E-state index is 13.0. The molecule has 0 bridgehead atoms. The number of ether oxygens (including phenoxy) is 1. The number of nitrogens with zero attached hydrogens (tertiary/aromatic N) is 4. The van der Waals surface area contributed by atoms with Crippen molar-refractivity contribution in [2.75, 3.05) is 23.7 Å². The summed E-state index contributed by atoms with van der Waals surface area (Å²) in [6.07, 6.45) is 7.02. The number of aryl methyl sites for hydroxylation is 1. The average molecular weight is 608 g/mol. The molecule has 1 aliphatic heterocycles. The zero-order valence-corrected chi connectivity index (χ0v) is 25.3. The lowest BCUT2D eigenvalue weighted by Gasteiger charge is -2.33. The minimum Gasteiger partial charge on any atom is -0.382 e. The number of aromatic nitrogens is 4. The van der Waals surface area contributed by atoms with Gasteiger partial charge in [0.15, 0.2) is 0 Å². The quantitative estimate of drug-likeness (QED) is 0.249. The van der Waals surface area contributed by atoms with Crippen molar-refractivity contribution in [1.29, 1.82) is 0 Å². The van der Waals surface area contributed by atoms with E-state index in [-0.39, 0.29) is 21.7 Å². The van der Waals surface area contributed by atoms with Crippen LogP contribution >= 0.6 is 11.6 Å². The van der Waals surface area contributed by atoms with Gasteiger partial charge in [-0.1, -0.05) is 43.7 Å². The van der Waals surface area contributed by atoms with Gasteiger partial charge in [-0.25, -0.2) is 23.4 Å². The Morgan fingerprint density at radius 3 is 2.55 bits per heavy atom. The highest BCUT2D eigenvalue weighted by Crippen LogP contribution is 2.37. The minimum absolute atomic E-state index is 0.0144. The highest BCUT2D eigenvalue weighted by Gasteiger charge is 2.27. The third kappa shape index (κ3) is 5.37. The van der Waals surface area contributed by atoms with Crippen LogP contribution in [0.5, 0.6) is 0 Å². The third-order valence-corrected chi connectivity index (χ3v) is 9.64. The first kappa shape index (κ1) is 28.6. The fourth-order valence-electron chi connectivity index (χ4n) is 5.58. The predicted molar refractivity (Wildman–Crippen MR) is 165 cm³/mol. The number of anilines is 2. The molecular formula is C30H34ClN7O3S. The minimum atomic E-state index is -3.93. The summed E-state index contributed by atoms with van der Waals surface area (Å²) in [6, 6.07) is 10.6. The summed E-state index contributed by atoms with van der Waals surface area (Å²) in [7, 11) is -3.93. The first-order chi connectivity index (χ1) is 20.1. The van der Waals surface area contributed by atoms with Crippen LogP contribution in [-0.2, 0) is 14.8 Å².